The maximum atomic E-state index is 13.2. The Hall–Kier alpha value is -6.68. The van der Waals surface area contributed by atoms with Gasteiger partial charge in [-0.1, -0.05) is 121 Å². The molecule has 0 fully saturated rings. The Balaban J connectivity index is 1.08. The molecular formula is C43H34N2O8. The molecule has 0 saturated heterocycles. The zero-order chi connectivity index (χ0) is 36.6. The number of carboxylic acid groups (broad SMARTS) is 2. The van der Waals surface area contributed by atoms with Crippen LogP contribution in [0.4, 0.5) is 9.59 Å². The first-order valence-corrected chi connectivity index (χ1v) is 17.3. The normalized spacial score (nSPS) is 18.0. The summed E-state index contributed by atoms with van der Waals surface area (Å²) in [5.74, 6) is -2.86. The number of hydrogen-bond donors (Lipinski definition) is 3. The summed E-state index contributed by atoms with van der Waals surface area (Å²) < 4.78 is 11.5. The van der Waals surface area contributed by atoms with Gasteiger partial charge in [0, 0.05) is 18.4 Å². The minimum absolute atomic E-state index is 0.00901. The predicted octanol–water partition coefficient (Wildman–Crippen LogP) is 7.59. The summed E-state index contributed by atoms with van der Waals surface area (Å²) in [7, 11) is 0. The second-order valence-corrected chi connectivity index (χ2v) is 13.2. The Bertz CT molecular complexity index is 2300. The smallest absolute Gasteiger partial charge is 0.411 e. The summed E-state index contributed by atoms with van der Waals surface area (Å²) in [5, 5.41) is 21.8. The zero-order valence-electron chi connectivity index (χ0n) is 28.3. The van der Waals surface area contributed by atoms with Crippen LogP contribution in [0.1, 0.15) is 45.7 Å². The van der Waals surface area contributed by atoms with E-state index in [0.717, 1.165) is 55.6 Å². The van der Waals surface area contributed by atoms with Gasteiger partial charge in [-0.05, 0) is 67.3 Å². The molecule has 2 amide bonds. The first-order chi connectivity index (χ1) is 25.8. The van der Waals surface area contributed by atoms with Crippen LogP contribution in [0.5, 0.6) is 0 Å². The maximum absolute atomic E-state index is 13.2. The van der Waals surface area contributed by atoms with E-state index in [4.69, 9.17) is 9.47 Å². The highest BCUT2D eigenvalue weighted by molar-refractivity contribution is 5.90. The van der Waals surface area contributed by atoms with Crippen LogP contribution in [0.25, 0.3) is 33.4 Å². The van der Waals surface area contributed by atoms with E-state index in [1.54, 1.807) is 36.4 Å². The van der Waals surface area contributed by atoms with Crippen molar-refractivity contribution < 1.29 is 38.9 Å². The van der Waals surface area contributed by atoms with E-state index in [-0.39, 0.29) is 31.6 Å². The number of hydrogen-bond acceptors (Lipinski definition) is 6. The minimum atomic E-state index is -1.25. The van der Waals surface area contributed by atoms with Gasteiger partial charge in [0.25, 0.3) is 0 Å². The lowest BCUT2D eigenvalue weighted by atomic mass is 9.88. The monoisotopic (exact) mass is 706 g/mol. The molecular weight excluding hydrogens is 672 g/mol. The molecule has 0 spiro atoms. The maximum Gasteiger partial charge on any atom is 0.411 e. The van der Waals surface area contributed by atoms with Crippen molar-refractivity contribution in [3.05, 3.63) is 155 Å². The van der Waals surface area contributed by atoms with Crippen LogP contribution in [0.3, 0.4) is 0 Å². The quantitative estimate of drug-likeness (QED) is 0.133. The molecule has 10 heteroatoms. The van der Waals surface area contributed by atoms with Crippen molar-refractivity contribution in [2.75, 3.05) is 19.8 Å². The van der Waals surface area contributed by atoms with Crippen LogP contribution in [0.2, 0.25) is 0 Å². The minimum Gasteiger partial charge on any atom is -0.479 e. The molecule has 5 aromatic carbocycles. The molecule has 1 heterocycles. The highest BCUT2D eigenvalue weighted by Crippen LogP contribution is 2.51. The van der Waals surface area contributed by atoms with Crippen LogP contribution in [0.15, 0.2) is 127 Å². The van der Waals surface area contributed by atoms with Gasteiger partial charge in [0.05, 0.1) is 0 Å². The van der Waals surface area contributed by atoms with Crippen molar-refractivity contribution in [1.82, 2.24) is 10.2 Å². The Morgan fingerprint density at radius 2 is 1.30 bits per heavy atom. The summed E-state index contributed by atoms with van der Waals surface area (Å²) in [6.45, 7) is 0.211. The summed E-state index contributed by atoms with van der Waals surface area (Å²) >= 11 is 0. The number of aliphatic carboxylic acids is 2. The molecule has 1 aliphatic heterocycles. The van der Waals surface area contributed by atoms with E-state index in [1.165, 1.54) is 11.0 Å². The van der Waals surface area contributed by atoms with Crippen LogP contribution in [-0.4, -0.2) is 65.0 Å². The molecule has 4 atom stereocenters. The molecule has 3 N–H and O–H groups in total. The van der Waals surface area contributed by atoms with Crippen LogP contribution >= 0.6 is 0 Å². The van der Waals surface area contributed by atoms with E-state index in [0.29, 0.717) is 5.56 Å². The third kappa shape index (κ3) is 6.08. The van der Waals surface area contributed by atoms with E-state index in [1.807, 2.05) is 60.7 Å². The van der Waals surface area contributed by atoms with Gasteiger partial charge < -0.3 is 25.0 Å². The highest BCUT2D eigenvalue weighted by atomic mass is 16.6. The van der Waals surface area contributed by atoms with Crippen LogP contribution < -0.4 is 5.32 Å². The number of rotatable bonds is 9. The SMILES string of the molecule is O=C(NC(C(=O)O)c1ccccc1)OCC1c2ccccc2-c2cc(-c3cccc4c3C(COC(=O)N3CC=CC3C(=O)O)c3ccccc3-4)ccc21. The average Bonchev–Trinajstić information content (AvgIpc) is 3.89. The summed E-state index contributed by atoms with van der Waals surface area (Å²) in [5.41, 5.74) is 10.5. The lowest BCUT2D eigenvalue weighted by Gasteiger charge is -2.23. The summed E-state index contributed by atoms with van der Waals surface area (Å²) in [4.78, 5) is 51.0. The number of alkyl carbamates (subject to hydrolysis) is 1. The summed E-state index contributed by atoms with van der Waals surface area (Å²) in [6, 6.07) is 34.5. The molecule has 2 aliphatic carbocycles. The number of ether oxygens (including phenoxy) is 2. The van der Waals surface area contributed by atoms with Crippen molar-refractivity contribution >= 4 is 24.1 Å². The zero-order valence-corrected chi connectivity index (χ0v) is 28.3. The van der Waals surface area contributed by atoms with Gasteiger partial charge in [-0.3, -0.25) is 4.90 Å². The van der Waals surface area contributed by atoms with E-state index < -0.39 is 36.2 Å². The van der Waals surface area contributed by atoms with E-state index in [9.17, 15) is 29.4 Å². The largest absolute Gasteiger partial charge is 0.479 e. The van der Waals surface area contributed by atoms with Crippen molar-refractivity contribution in [2.45, 2.75) is 23.9 Å². The van der Waals surface area contributed by atoms with Gasteiger partial charge in [-0.15, -0.1) is 0 Å². The van der Waals surface area contributed by atoms with Gasteiger partial charge in [0.1, 0.15) is 13.2 Å². The van der Waals surface area contributed by atoms with Gasteiger partial charge >= 0.3 is 24.1 Å². The second-order valence-electron chi connectivity index (χ2n) is 13.2. The molecule has 10 nitrogen and oxygen atoms in total. The van der Waals surface area contributed by atoms with Crippen molar-refractivity contribution in [2.24, 2.45) is 0 Å². The topological polar surface area (TPSA) is 142 Å². The molecule has 0 saturated carbocycles. The van der Waals surface area contributed by atoms with Crippen molar-refractivity contribution in [3.8, 4) is 33.4 Å². The molecule has 0 bridgehead atoms. The molecule has 3 aliphatic rings. The van der Waals surface area contributed by atoms with Crippen LogP contribution in [-0.2, 0) is 19.1 Å². The summed E-state index contributed by atoms with van der Waals surface area (Å²) in [6.07, 6.45) is 1.63. The highest BCUT2D eigenvalue weighted by Gasteiger charge is 2.36. The Morgan fingerprint density at radius 3 is 2.04 bits per heavy atom. The van der Waals surface area contributed by atoms with Gasteiger partial charge in [-0.2, -0.15) is 0 Å². The van der Waals surface area contributed by atoms with E-state index in [2.05, 4.69) is 29.6 Å². The van der Waals surface area contributed by atoms with Gasteiger partial charge in [0.15, 0.2) is 12.1 Å². The third-order valence-corrected chi connectivity index (χ3v) is 10.3. The number of carbonyl (C=O) groups is 4. The number of benzene rings is 5. The third-order valence-electron chi connectivity index (χ3n) is 10.3. The number of amides is 2. The fourth-order valence-electron chi connectivity index (χ4n) is 7.87. The Labute approximate surface area is 304 Å². The fourth-order valence-corrected chi connectivity index (χ4v) is 7.87. The Kier molecular flexibility index (Phi) is 8.71. The molecule has 0 radical (unpaired) electrons. The molecule has 5 aromatic rings. The Morgan fingerprint density at radius 1 is 0.679 bits per heavy atom. The molecule has 53 heavy (non-hydrogen) atoms. The molecule has 8 rings (SSSR count). The van der Waals surface area contributed by atoms with Gasteiger partial charge in [0.2, 0.25) is 0 Å². The number of nitrogens with zero attached hydrogens (tertiary/aromatic N) is 1. The first kappa shape index (κ1) is 33.5. The molecule has 264 valence electrons. The lowest BCUT2D eigenvalue weighted by molar-refractivity contribution is -0.141. The number of carboxylic acids is 2. The predicted molar refractivity (Wildman–Crippen MR) is 196 cm³/mol. The number of carbonyl (C=O) groups excluding carboxylic acids is 2. The second kappa shape index (κ2) is 13.8. The van der Waals surface area contributed by atoms with E-state index >= 15 is 0 Å². The van der Waals surface area contributed by atoms with Crippen LogP contribution in [0, 0.1) is 0 Å². The standard InChI is InChI=1S/C43H34N2O8/c46-40(47)37-18-9-21-45(37)43(51)53-24-36-31-15-7-4-12-28(31)33-17-8-16-27(38(33)36)26-19-20-32-34(22-26)29-13-5-6-14-30(29)35(32)23-52-42(50)44-39(41(48)49)25-10-2-1-3-11-25/h1-20,22,35-37,39H,21,23-24H2,(H,44,50)(H,46,47)(H,48,49). The van der Waals surface area contributed by atoms with Crippen molar-refractivity contribution in [1.29, 1.82) is 0 Å². The van der Waals surface area contributed by atoms with Crippen molar-refractivity contribution in [3.63, 3.8) is 0 Å². The first-order valence-electron chi connectivity index (χ1n) is 17.3. The number of nitrogens with one attached hydrogen (secondary N) is 1. The average molecular weight is 707 g/mol. The lowest BCUT2D eigenvalue weighted by Crippen LogP contribution is -2.41. The molecule has 0 aromatic heterocycles. The van der Waals surface area contributed by atoms with Gasteiger partial charge in [-0.25, -0.2) is 19.2 Å². The number of fused-ring (bicyclic) bond motifs is 6. The fraction of sp³-hybridized carbons (Fsp3) is 0.163. The molecule has 4 unspecified atom stereocenters.